The van der Waals surface area contributed by atoms with E-state index in [0.717, 1.165) is 17.5 Å². The minimum atomic E-state index is -0.187. The predicted molar refractivity (Wildman–Crippen MR) is 97.9 cm³/mol. The lowest BCUT2D eigenvalue weighted by Gasteiger charge is -2.21. The third-order valence-electron chi connectivity index (χ3n) is 4.88. The second kappa shape index (κ2) is 6.79. The predicted octanol–water partition coefficient (Wildman–Crippen LogP) is 4.33. The fraction of sp³-hybridized carbons (Fsp3) is 0.381. The number of rotatable bonds is 4. The van der Waals surface area contributed by atoms with Gasteiger partial charge in [0, 0.05) is 18.7 Å². The van der Waals surface area contributed by atoms with Crippen molar-refractivity contribution in [1.29, 1.82) is 0 Å². The van der Waals surface area contributed by atoms with E-state index < -0.39 is 0 Å². The smallest absolute Gasteiger partial charge is 0.258 e. The van der Waals surface area contributed by atoms with Crippen molar-refractivity contribution in [3.8, 4) is 11.5 Å². The van der Waals surface area contributed by atoms with E-state index in [2.05, 4.69) is 0 Å². The van der Waals surface area contributed by atoms with Gasteiger partial charge < -0.3 is 15.1 Å². The average molecular weight is 339 g/mol. The summed E-state index contributed by atoms with van der Waals surface area (Å²) in [6.45, 7) is 7.04. The summed E-state index contributed by atoms with van der Waals surface area (Å²) in [5.74, 6) is -0.0770. The van der Waals surface area contributed by atoms with Crippen LogP contribution in [0.15, 0.2) is 30.3 Å². The largest absolute Gasteiger partial charge is 0.507 e. The molecule has 3 rings (SSSR count). The summed E-state index contributed by atoms with van der Waals surface area (Å²) in [5.41, 5.74) is 3.77. The average Bonchev–Trinajstić information content (AvgIpc) is 3.02. The molecular formula is C21H25NO3. The van der Waals surface area contributed by atoms with E-state index in [0.29, 0.717) is 30.6 Å². The highest BCUT2D eigenvalue weighted by molar-refractivity contribution is 5.98. The molecule has 0 radical (unpaired) electrons. The maximum absolute atomic E-state index is 13.1. The monoisotopic (exact) mass is 339 g/mol. The first-order chi connectivity index (χ1) is 11.9. The van der Waals surface area contributed by atoms with Gasteiger partial charge in [0.25, 0.3) is 5.91 Å². The first kappa shape index (κ1) is 17.3. The zero-order valence-corrected chi connectivity index (χ0v) is 15.0. The Morgan fingerprint density at radius 2 is 1.72 bits per heavy atom. The van der Waals surface area contributed by atoms with Crippen LogP contribution in [0.2, 0.25) is 0 Å². The Kier molecular flexibility index (Phi) is 4.71. The van der Waals surface area contributed by atoms with Gasteiger partial charge >= 0.3 is 0 Å². The molecule has 0 saturated carbocycles. The van der Waals surface area contributed by atoms with Crippen LogP contribution in [0, 0.1) is 0 Å². The molecule has 2 N–H and O–H groups in total. The van der Waals surface area contributed by atoms with Gasteiger partial charge in [-0.15, -0.1) is 0 Å². The van der Waals surface area contributed by atoms with Crippen LogP contribution in [-0.2, 0) is 19.5 Å². The molecule has 0 spiro atoms. The zero-order chi connectivity index (χ0) is 18.1. The van der Waals surface area contributed by atoms with E-state index in [4.69, 9.17) is 0 Å². The molecule has 0 aliphatic carbocycles. The van der Waals surface area contributed by atoms with Crippen LogP contribution < -0.4 is 0 Å². The van der Waals surface area contributed by atoms with E-state index >= 15 is 0 Å². The number of carbonyl (C=O) groups excluding carboxylic acids is 1. The van der Waals surface area contributed by atoms with E-state index in [1.54, 1.807) is 11.0 Å². The van der Waals surface area contributed by atoms with Crippen molar-refractivity contribution in [2.75, 3.05) is 0 Å². The molecular weight excluding hydrogens is 314 g/mol. The summed E-state index contributed by atoms with van der Waals surface area (Å²) in [4.78, 5) is 14.8. The quantitative estimate of drug-likeness (QED) is 0.871. The molecule has 0 fully saturated rings. The first-order valence-corrected chi connectivity index (χ1v) is 8.87. The third-order valence-corrected chi connectivity index (χ3v) is 4.88. The molecule has 1 amide bonds. The number of carbonyl (C=O) groups is 1. The van der Waals surface area contributed by atoms with Crippen molar-refractivity contribution in [3.05, 3.63) is 58.1 Å². The van der Waals surface area contributed by atoms with Crippen molar-refractivity contribution >= 4 is 5.91 Å². The van der Waals surface area contributed by atoms with Crippen molar-refractivity contribution < 1.29 is 15.0 Å². The summed E-state index contributed by atoms with van der Waals surface area (Å²) < 4.78 is 0. The molecule has 1 heterocycles. The number of phenols is 2. The van der Waals surface area contributed by atoms with E-state index in [9.17, 15) is 15.0 Å². The highest BCUT2D eigenvalue weighted by atomic mass is 16.3. The highest BCUT2D eigenvalue weighted by Gasteiger charge is 2.28. The number of nitrogens with zero attached hydrogens (tertiary/aromatic N) is 1. The van der Waals surface area contributed by atoms with Crippen LogP contribution >= 0.6 is 0 Å². The van der Waals surface area contributed by atoms with E-state index in [1.165, 1.54) is 0 Å². The van der Waals surface area contributed by atoms with Gasteiger partial charge in [0.05, 0.1) is 5.56 Å². The molecule has 0 bridgehead atoms. The van der Waals surface area contributed by atoms with Gasteiger partial charge in [-0.3, -0.25) is 4.79 Å². The number of hydrogen-bond acceptors (Lipinski definition) is 3. The van der Waals surface area contributed by atoms with Crippen molar-refractivity contribution in [2.24, 2.45) is 0 Å². The van der Waals surface area contributed by atoms with Gasteiger partial charge in [0.2, 0.25) is 0 Å². The SMILES string of the molecule is CCCc1c(O)c(C(=O)N2Cc3ccccc3C2)cc(C(C)C)c1O. The molecule has 4 nitrogen and oxygen atoms in total. The van der Waals surface area contributed by atoms with Crippen molar-refractivity contribution in [2.45, 2.75) is 52.6 Å². The topological polar surface area (TPSA) is 60.8 Å². The lowest BCUT2D eigenvalue weighted by atomic mass is 9.92. The molecule has 2 aromatic carbocycles. The Morgan fingerprint density at radius 1 is 1.12 bits per heavy atom. The molecule has 0 saturated heterocycles. The molecule has 1 aliphatic heterocycles. The lowest BCUT2D eigenvalue weighted by Crippen LogP contribution is -2.25. The molecule has 2 aromatic rings. The molecule has 1 aliphatic rings. The molecule has 0 atom stereocenters. The number of fused-ring (bicyclic) bond motifs is 1. The number of amides is 1. The second-order valence-corrected chi connectivity index (χ2v) is 7.02. The minimum Gasteiger partial charge on any atom is -0.507 e. The first-order valence-electron chi connectivity index (χ1n) is 8.87. The number of benzene rings is 2. The normalized spacial score (nSPS) is 13.4. The molecule has 0 unspecified atom stereocenters. The fourth-order valence-corrected chi connectivity index (χ4v) is 3.48. The van der Waals surface area contributed by atoms with Crippen LogP contribution in [0.25, 0.3) is 0 Å². The summed E-state index contributed by atoms with van der Waals surface area (Å²) >= 11 is 0. The Labute approximate surface area is 148 Å². The van der Waals surface area contributed by atoms with Gasteiger partial charge in [0.1, 0.15) is 11.5 Å². The molecule has 0 aromatic heterocycles. The van der Waals surface area contributed by atoms with Gasteiger partial charge in [-0.05, 0) is 35.1 Å². The summed E-state index contributed by atoms with van der Waals surface area (Å²) in [6, 6.07) is 9.66. The van der Waals surface area contributed by atoms with Crippen LogP contribution in [0.3, 0.4) is 0 Å². The highest BCUT2D eigenvalue weighted by Crippen LogP contribution is 2.39. The zero-order valence-electron chi connectivity index (χ0n) is 15.0. The Hall–Kier alpha value is -2.49. The van der Waals surface area contributed by atoms with E-state index in [1.807, 2.05) is 45.0 Å². The second-order valence-electron chi connectivity index (χ2n) is 7.02. The van der Waals surface area contributed by atoms with Crippen molar-refractivity contribution in [3.63, 3.8) is 0 Å². The summed E-state index contributed by atoms with van der Waals surface area (Å²) in [6.07, 6.45) is 1.32. The summed E-state index contributed by atoms with van der Waals surface area (Å²) in [5, 5.41) is 21.1. The Bertz CT molecular complexity index is 786. The molecule has 132 valence electrons. The maximum Gasteiger partial charge on any atom is 0.258 e. The van der Waals surface area contributed by atoms with Gasteiger partial charge in [-0.1, -0.05) is 51.5 Å². The Morgan fingerprint density at radius 3 is 2.24 bits per heavy atom. The van der Waals surface area contributed by atoms with Crippen LogP contribution in [0.5, 0.6) is 11.5 Å². The number of hydrogen-bond donors (Lipinski definition) is 2. The van der Waals surface area contributed by atoms with Crippen LogP contribution in [0.1, 0.15) is 65.7 Å². The fourth-order valence-electron chi connectivity index (χ4n) is 3.48. The Balaban J connectivity index is 2.00. The lowest BCUT2D eigenvalue weighted by molar-refractivity contribution is 0.0748. The van der Waals surface area contributed by atoms with Crippen LogP contribution in [0.4, 0.5) is 0 Å². The number of phenolic OH excluding ortho intramolecular Hbond substituents is 2. The number of aromatic hydroxyl groups is 2. The van der Waals surface area contributed by atoms with Crippen molar-refractivity contribution in [1.82, 2.24) is 4.90 Å². The molecule has 4 heteroatoms. The van der Waals surface area contributed by atoms with Gasteiger partial charge in [0.15, 0.2) is 0 Å². The standard InChI is InChI=1S/C21H25NO3/c1-4-7-16-19(23)17(13(2)3)10-18(20(16)24)21(25)22-11-14-8-5-6-9-15(14)12-22/h5-6,8-10,13,23-24H,4,7,11-12H2,1-3H3. The molecule has 25 heavy (non-hydrogen) atoms. The van der Waals surface area contributed by atoms with Gasteiger partial charge in [-0.2, -0.15) is 0 Å². The third kappa shape index (κ3) is 3.09. The van der Waals surface area contributed by atoms with Crippen LogP contribution in [-0.4, -0.2) is 21.0 Å². The maximum atomic E-state index is 13.1. The van der Waals surface area contributed by atoms with E-state index in [-0.39, 0.29) is 28.9 Å². The summed E-state index contributed by atoms with van der Waals surface area (Å²) in [7, 11) is 0. The minimum absolute atomic E-state index is 0.0681. The van der Waals surface area contributed by atoms with Gasteiger partial charge in [-0.25, -0.2) is 0 Å².